The number of rotatable bonds is 6. The number of nitrogens with one attached hydrogen (secondary N) is 1. The molecular formula is C20H21N3O3. The van der Waals surface area contributed by atoms with E-state index in [0.717, 1.165) is 34.3 Å². The molecule has 2 heterocycles. The Kier molecular flexibility index (Phi) is 5.31. The third kappa shape index (κ3) is 3.74. The molecule has 1 aromatic carbocycles. The maximum Gasteiger partial charge on any atom is 0.267 e. The number of furan rings is 1. The topological polar surface area (TPSA) is 77.1 Å². The molecule has 0 radical (unpaired) electrons. The molecule has 0 saturated heterocycles. The van der Waals surface area contributed by atoms with Gasteiger partial charge in [-0.05, 0) is 42.2 Å². The maximum atomic E-state index is 12.5. The van der Waals surface area contributed by atoms with Gasteiger partial charge < -0.3 is 9.73 Å². The van der Waals surface area contributed by atoms with E-state index in [9.17, 15) is 9.59 Å². The average Bonchev–Trinajstić information content (AvgIpc) is 3.18. The van der Waals surface area contributed by atoms with Crippen LogP contribution in [0.25, 0.3) is 11.5 Å². The van der Waals surface area contributed by atoms with Crippen molar-refractivity contribution in [2.45, 2.75) is 33.2 Å². The van der Waals surface area contributed by atoms with E-state index in [1.165, 1.54) is 12.3 Å². The van der Waals surface area contributed by atoms with E-state index >= 15 is 0 Å². The van der Waals surface area contributed by atoms with Gasteiger partial charge in [0, 0.05) is 11.8 Å². The number of carbonyl (C=O) groups excluding carboxylic acids is 1. The predicted molar refractivity (Wildman–Crippen MR) is 100 cm³/mol. The second kappa shape index (κ2) is 7.82. The van der Waals surface area contributed by atoms with Crippen LogP contribution in [-0.4, -0.2) is 15.7 Å². The lowest BCUT2D eigenvalue weighted by Crippen LogP contribution is -2.29. The molecule has 0 bridgehead atoms. The molecule has 1 N–H and O–H groups in total. The number of hydrogen-bond acceptors (Lipinski definition) is 4. The minimum absolute atomic E-state index is 0.158. The van der Waals surface area contributed by atoms with E-state index in [4.69, 9.17) is 4.42 Å². The molecule has 6 heteroatoms. The summed E-state index contributed by atoms with van der Waals surface area (Å²) in [6, 6.07) is 12.4. The summed E-state index contributed by atoms with van der Waals surface area (Å²) in [6.45, 7) is 3.93. The monoisotopic (exact) mass is 351 g/mol. The summed E-state index contributed by atoms with van der Waals surface area (Å²) in [7, 11) is 0. The molecule has 0 fully saturated rings. The second-order valence-electron chi connectivity index (χ2n) is 5.90. The summed E-state index contributed by atoms with van der Waals surface area (Å²) < 4.78 is 6.44. The lowest BCUT2D eigenvalue weighted by molar-refractivity contribution is -0.117. The van der Waals surface area contributed by atoms with Crippen LogP contribution >= 0.6 is 0 Å². The van der Waals surface area contributed by atoms with Crippen LogP contribution in [0.4, 0.5) is 5.69 Å². The maximum absolute atomic E-state index is 12.5. The number of amides is 1. The van der Waals surface area contributed by atoms with Gasteiger partial charge in [0.05, 0.1) is 6.26 Å². The van der Waals surface area contributed by atoms with Gasteiger partial charge in [-0.1, -0.05) is 32.0 Å². The number of hydrogen-bond donors (Lipinski definition) is 1. The zero-order valence-electron chi connectivity index (χ0n) is 14.9. The highest BCUT2D eigenvalue weighted by Crippen LogP contribution is 2.22. The number of anilines is 1. The molecule has 3 rings (SSSR count). The van der Waals surface area contributed by atoms with E-state index in [-0.39, 0.29) is 18.0 Å². The van der Waals surface area contributed by atoms with Gasteiger partial charge in [0.15, 0.2) is 5.76 Å². The summed E-state index contributed by atoms with van der Waals surface area (Å²) >= 11 is 0. The van der Waals surface area contributed by atoms with Crippen LogP contribution in [-0.2, 0) is 24.2 Å². The molecule has 0 aliphatic heterocycles. The fourth-order valence-corrected chi connectivity index (χ4v) is 2.84. The SMILES string of the molecule is CCc1cccc(CC)c1NC(=O)Cn1nc(-c2ccco2)ccc1=O. The number of carbonyl (C=O) groups is 1. The minimum atomic E-state index is -0.338. The van der Waals surface area contributed by atoms with Crippen LogP contribution in [0.2, 0.25) is 0 Å². The number of para-hydroxylation sites is 1. The first-order chi connectivity index (χ1) is 12.6. The first-order valence-corrected chi connectivity index (χ1v) is 8.65. The zero-order valence-corrected chi connectivity index (χ0v) is 14.9. The normalized spacial score (nSPS) is 10.7. The molecule has 26 heavy (non-hydrogen) atoms. The molecule has 1 amide bonds. The second-order valence-corrected chi connectivity index (χ2v) is 5.90. The molecule has 0 saturated carbocycles. The summed E-state index contributed by atoms with van der Waals surface area (Å²) in [4.78, 5) is 24.6. The van der Waals surface area contributed by atoms with E-state index in [0.29, 0.717) is 11.5 Å². The van der Waals surface area contributed by atoms with Crippen LogP contribution in [0.15, 0.2) is 57.9 Å². The van der Waals surface area contributed by atoms with Gasteiger partial charge in [-0.25, -0.2) is 4.68 Å². The van der Waals surface area contributed by atoms with Crippen molar-refractivity contribution in [3.05, 3.63) is 70.2 Å². The summed E-state index contributed by atoms with van der Waals surface area (Å²) in [5.74, 6) is 0.260. The quantitative estimate of drug-likeness (QED) is 0.739. The molecule has 0 unspecified atom stereocenters. The van der Waals surface area contributed by atoms with Crippen molar-refractivity contribution in [1.82, 2.24) is 9.78 Å². The molecule has 134 valence electrons. The Morgan fingerprint density at radius 3 is 2.42 bits per heavy atom. The van der Waals surface area contributed by atoms with Crippen LogP contribution < -0.4 is 10.9 Å². The van der Waals surface area contributed by atoms with Gasteiger partial charge in [-0.2, -0.15) is 5.10 Å². The van der Waals surface area contributed by atoms with Crippen LogP contribution in [0.3, 0.4) is 0 Å². The molecule has 0 spiro atoms. The first kappa shape index (κ1) is 17.7. The van der Waals surface area contributed by atoms with Crippen molar-refractivity contribution in [2.75, 3.05) is 5.32 Å². The predicted octanol–water partition coefficient (Wildman–Crippen LogP) is 3.27. The van der Waals surface area contributed by atoms with Gasteiger partial charge in [0.2, 0.25) is 5.91 Å². The Hall–Kier alpha value is -3.15. The van der Waals surface area contributed by atoms with E-state index in [1.807, 2.05) is 32.0 Å². The Bertz CT molecular complexity index is 936. The first-order valence-electron chi connectivity index (χ1n) is 8.65. The van der Waals surface area contributed by atoms with Gasteiger partial charge in [0.1, 0.15) is 12.2 Å². The largest absolute Gasteiger partial charge is 0.463 e. The van der Waals surface area contributed by atoms with Crippen LogP contribution in [0.5, 0.6) is 0 Å². The Morgan fingerprint density at radius 1 is 1.08 bits per heavy atom. The summed E-state index contributed by atoms with van der Waals surface area (Å²) in [6.07, 6.45) is 3.17. The van der Waals surface area contributed by atoms with Gasteiger partial charge in [0.25, 0.3) is 5.56 Å². The van der Waals surface area contributed by atoms with Crippen molar-refractivity contribution >= 4 is 11.6 Å². The van der Waals surface area contributed by atoms with Gasteiger partial charge >= 0.3 is 0 Å². The average molecular weight is 351 g/mol. The number of aromatic nitrogens is 2. The summed E-state index contributed by atoms with van der Waals surface area (Å²) in [5, 5.41) is 7.18. The van der Waals surface area contributed by atoms with E-state index in [2.05, 4.69) is 10.4 Å². The highest BCUT2D eigenvalue weighted by Gasteiger charge is 2.13. The highest BCUT2D eigenvalue weighted by molar-refractivity contribution is 5.92. The van der Waals surface area contributed by atoms with Crippen molar-refractivity contribution < 1.29 is 9.21 Å². The standard InChI is InChI=1S/C20H21N3O3/c1-3-14-7-5-8-15(4-2)20(14)21-18(24)13-23-19(25)11-10-16(22-23)17-9-6-12-26-17/h5-12H,3-4,13H2,1-2H3,(H,21,24). The smallest absolute Gasteiger partial charge is 0.267 e. The minimum Gasteiger partial charge on any atom is -0.463 e. The Labute approximate surface area is 151 Å². The third-order valence-corrected chi connectivity index (χ3v) is 4.20. The van der Waals surface area contributed by atoms with E-state index < -0.39 is 0 Å². The zero-order chi connectivity index (χ0) is 18.5. The van der Waals surface area contributed by atoms with Crippen molar-refractivity contribution in [3.8, 4) is 11.5 Å². The molecule has 3 aromatic rings. The van der Waals surface area contributed by atoms with E-state index in [1.54, 1.807) is 18.2 Å². The third-order valence-electron chi connectivity index (χ3n) is 4.20. The van der Waals surface area contributed by atoms with Gasteiger partial charge in [-0.3, -0.25) is 9.59 Å². The fraction of sp³-hybridized carbons (Fsp3) is 0.250. The molecule has 0 aliphatic carbocycles. The van der Waals surface area contributed by atoms with Crippen molar-refractivity contribution in [1.29, 1.82) is 0 Å². The highest BCUT2D eigenvalue weighted by atomic mass is 16.3. The van der Waals surface area contributed by atoms with Crippen molar-refractivity contribution in [3.63, 3.8) is 0 Å². The molecule has 2 aromatic heterocycles. The Balaban J connectivity index is 1.83. The molecular weight excluding hydrogens is 330 g/mol. The lowest BCUT2D eigenvalue weighted by atomic mass is 10.0. The number of benzene rings is 1. The molecule has 0 aliphatic rings. The lowest BCUT2D eigenvalue weighted by Gasteiger charge is -2.14. The number of aryl methyl sites for hydroxylation is 2. The molecule has 0 atom stereocenters. The van der Waals surface area contributed by atoms with Crippen LogP contribution in [0, 0.1) is 0 Å². The molecule has 6 nitrogen and oxygen atoms in total. The summed E-state index contributed by atoms with van der Waals surface area (Å²) in [5.41, 5.74) is 3.14. The number of nitrogens with zero attached hydrogens (tertiary/aromatic N) is 2. The van der Waals surface area contributed by atoms with Crippen molar-refractivity contribution in [2.24, 2.45) is 0 Å². The fourth-order valence-electron chi connectivity index (χ4n) is 2.84. The Morgan fingerprint density at radius 2 is 1.81 bits per heavy atom. The van der Waals surface area contributed by atoms with Gasteiger partial charge in [-0.15, -0.1) is 0 Å². The van der Waals surface area contributed by atoms with Crippen LogP contribution in [0.1, 0.15) is 25.0 Å².